The molecule has 0 aromatic rings. The van der Waals surface area contributed by atoms with Gasteiger partial charge in [0.05, 0.1) is 0 Å². The van der Waals surface area contributed by atoms with Gasteiger partial charge in [-0.3, -0.25) is 0 Å². The molecule has 3 N–H and O–H groups in total. The summed E-state index contributed by atoms with van der Waals surface area (Å²) in [4.78, 5) is 1.34. The Morgan fingerprint density at radius 2 is 2.14 bits per heavy atom. The fraction of sp³-hybridized carbons (Fsp3) is 0.500. The van der Waals surface area contributed by atoms with Gasteiger partial charge in [-0.05, 0) is 26.0 Å². The molecule has 0 amide bonds. The predicted octanol–water partition coefficient (Wildman–Crippen LogP) is -0.285. The van der Waals surface area contributed by atoms with E-state index in [-0.39, 0.29) is 10.9 Å². The SMILES string of the molecule is CC(C)N1C=CC=C(S(N)(=O)=O)C1O. The minimum absolute atomic E-state index is 0.00620. The van der Waals surface area contributed by atoms with Gasteiger partial charge in [-0.15, -0.1) is 0 Å². The van der Waals surface area contributed by atoms with E-state index in [4.69, 9.17) is 5.14 Å². The Hall–Kier alpha value is -0.850. The zero-order valence-electron chi connectivity index (χ0n) is 8.08. The Bertz CT molecular complexity index is 370. The van der Waals surface area contributed by atoms with Crippen molar-refractivity contribution in [1.29, 1.82) is 0 Å². The highest BCUT2D eigenvalue weighted by Gasteiger charge is 2.28. The lowest BCUT2D eigenvalue weighted by atomic mass is 10.2. The van der Waals surface area contributed by atoms with E-state index >= 15 is 0 Å². The van der Waals surface area contributed by atoms with E-state index in [2.05, 4.69) is 0 Å². The number of nitrogens with zero attached hydrogens (tertiary/aromatic N) is 1. The Balaban J connectivity index is 3.03. The first-order valence-electron chi connectivity index (χ1n) is 4.20. The van der Waals surface area contributed by atoms with Crippen molar-refractivity contribution in [3.8, 4) is 0 Å². The second-order valence-electron chi connectivity index (χ2n) is 3.37. The third kappa shape index (κ3) is 2.14. The van der Waals surface area contributed by atoms with Gasteiger partial charge >= 0.3 is 0 Å². The highest BCUT2D eigenvalue weighted by Crippen LogP contribution is 2.19. The minimum Gasteiger partial charge on any atom is -0.369 e. The molecule has 0 aromatic carbocycles. The van der Waals surface area contributed by atoms with Gasteiger partial charge < -0.3 is 10.0 Å². The number of hydrogen-bond donors (Lipinski definition) is 2. The van der Waals surface area contributed by atoms with Gasteiger partial charge in [0.1, 0.15) is 4.91 Å². The summed E-state index contributed by atoms with van der Waals surface area (Å²) in [5.41, 5.74) is 0. The van der Waals surface area contributed by atoms with E-state index in [1.54, 1.807) is 12.3 Å². The fourth-order valence-electron chi connectivity index (χ4n) is 1.25. The van der Waals surface area contributed by atoms with Crippen molar-refractivity contribution in [2.75, 3.05) is 0 Å². The third-order valence-corrected chi connectivity index (χ3v) is 2.98. The van der Waals surface area contributed by atoms with Crippen LogP contribution in [-0.2, 0) is 10.0 Å². The van der Waals surface area contributed by atoms with Crippen molar-refractivity contribution in [3.63, 3.8) is 0 Å². The molecule has 1 heterocycles. The van der Waals surface area contributed by atoms with Crippen LogP contribution in [0.15, 0.2) is 23.3 Å². The molecule has 0 bridgehead atoms. The standard InChI is InChI=1S/C8H14N2O3S/c1-6(2)10-5-3-4-7(8(10)11)14(9,12)13/h3-6,8,11H,1-2H3,(H2,9,12,13). The summed E-state index contributed by atoms with van der Waals surface area (Å²) in [7, 11) is -3.82. The molecule has 80 valence electrons. The Kier molecular flexibility index (Phi) is 2.98. The molecule has 5 nitrogen and oxygen atoms in total. The summed E-state index contributed by atoms with van der Waals surface area (Å²) in [5.74, 6) is 0. The topological polar surface area (TPSA) is 83.6 Å². The zero-order chi connectivity index (χ0) is 10.9. The number of nitrogens with two attached hydrogens (primary N) is 1. The normalized spacial score (nSPS) is 22.8. The van der Waals surface area contributed by atoms with Gasteiger partial charge in [-0.2, -0.15) is 0 Å². The van der Waals surface area contributed by atoms with Gasteiger partial charge in [-0.1, -0.05) is 0 Å². The summed E-state index contributed by atoms with van der Waals surface area (Å²) in [6, 6.07) is 0.00620. The maximum Gasteiger partial charge on any atom is 0.238 e. The number of rotatable bonds is 2. The number of sulfonamides is 1. The van der Waals surface area contributed by atoms with Crippen LogP contribution in [-0.4, -0.2) is 30.7 Å². The van der Waals surface area contributed by atoms with E-state index < -0.39 is 16.3 Å². The van der Waals surface area contributed by atoms with E-state index in [1.165, 1.54) is 11.0 Å². The molecule has 0 aliphatic carbocycles. The van der Waals surface area contributed by atoms with Crippen molar-refractivity contribution in [2.24, 2.45) is 5.14 Å². The number of primary sulfonamides is 1. The van der Waals surface area contributed by atoms with Gasteiger partial charge in [0.2, 0.25) is 10.0 Å². The highest BCUT2D eigenvalue weighted by molar-refractivity contribution is 7.93. The van der Waals surface area contributed by atoms with Crippen LogP contribution in [0.4, 0.5) is 0 Å². The molecule has 1 rings (SSSR count). The van der Waals surface area contributed by atoms with Crippen LogP contribution in [0.25, 0.3) is 0 Å². The lowest BCUT2D eigenvalue weighted by molar-refractivity contribution is 0.0527. The van der Waals surface area contributed by atoms with E-state index in [0.29, 0.717) is 0 Å². The van der Waals surface area contributed by atoms with Crippen LogP contribution in [0.5, 0.6) is 0 Å². The first-order valence-corrected chi connectivity index (χ1v) is 5.75. The molecule has 1 aliphatic rings. The summed E-state index contributed by atoms with van der Waals surface area (Å²) < 4.78 is 22.1. The second-order valence-corrected chi connectivity index (χ2v) is 4.93. The largest absolute Gasteiger partial charge is 0.369 e. The maximum atomic E-state index is 11.1. The van der Waals surface area contributed by atoms with Gasteiger partial charge in [-0.25, -0.2) is 13.6 Å². The molecule has 0 aromatic heterocycles. The summed E-state index contributed by atoms with van der Waals surface area (Å²) in [6.07, 6.45) is 3.30. The monoisotopic (exact) mass is 218 g/mol. The molecule has 0 spiro atoms. The summed E-state index contributed by atoms with van der Waals surface area (Å²) in [5, 5.41) is 14.6. The van der Waals surface area contributed by atoms with Crippen molar-refractivity contribution in [1.82, 2.24) is 4.90 Å². The van der Waals surface area contributed by atoms with E-state index in [0.717, 1.165) is 0 Å². The Morgan fingerprint density at radius 1 is 1.57 bits per heavy atom. The van der Waals surface area contributed by atoms with Gasteiger partial charge in [0, 0.05) is 12.2 Å². The number of allylic oxidation sites excluding steroid dienone is 2. The maximum absolute atomic E-state index is 11.1. The van der Waals surface area contributed by atoms with Gasteiger partial charge in [0.15, 0.2) is 6.23 Å². The average molecular weight is 218 g/mol. The van der Waals surface area contributed by atoms with Crippen LogP contribution in [0.2, 0.25) is 0 Å². The lowest BCUT2D eigenvalue weighted by Crippen LogP contribution is -2.41. The summed E-state index contributed by atoms with van der Waals surface area (Å²) in [6.45, 7) is 3.69. The van der Waals surface area contributed by atoms with Crippen LogP contribution in [0, 0.1) is 0 Å². The quantitative estimate of drug-likeness (QED) is 0.667. The zero-order valence-corrected chi connectivity index (χ0v) is 8.90. The first-order chi connectivity index (χ1) is 6.34. The molecule has 0 saturated carbocycles. The number of aliphatic hydroxyl groups excluding tert-OH is 1. The van der Waals surface area contributed by atoms with Crippen LogP contribution >= 0.6 is 0 Å². The van der Waals surface area contributed by atoms with Crippen molar-refractivity contribution >= 4 is 10.0 Å². The van der Waals surface area contributed by atoms with Crippen molar-refractivity contribution in [2.45, 2.75) is 26.1 Å². The second kappa shape index (κ2) is 3.72. The lowest BCUT2D eigenvalue weighted by Gasteiger charge is -2.32. The van der Waals surface area contributed by atoms with Crippen molar-refractivity contribution in [3.05, 3.63) is 23.3 Å². The smallest absolute Gasteiger partial charge is 0.238 e. The van der Waals surface area contributed by atoms with Crippen molar-refractivity contribution < 1.29 is 13.5 Å². The van der Waals surface area contributed by atoms with E-state index in [1.807, 2.05) is 13.8 Å². The molecule has 0 radical (unpaired) electrons. The minimum atomic E-state index is -3.82. The fourth-order valence-corrected chi connectivity index (χ4v) is 1.93. The molecular formula is C8H14N2O3S. The molecule has 0 fully saturated rings. The molecule has 0 saturated heterocycles. The average Bonchev–Trinajstić information content (AvgIpc) is 2.01. The first kappa shape index (κ1) is 11.2. The summed E-state index contributed by atoms with van der Waals surface area (Å²) >= 11 is 0. The van der Waals surface area contributed by atoms with Crippen LogP contribution in [0.3, 0.4) is 0 Å². The predicted molar refractivity (Wildman–Crippen MR) is 53.3 cm³/mol. The van der Waals surface area contributed by atoms with Gasteiger partial charge in [0.25, 0.3) is 0 Å². The highest BCUT2D eigenvalue weighted by atomic mass is 32.2. The molecule has 1 aliphatic heterocycles. The molecule has 14 heavy (non-hydrogen) atoms. The van der Waals surface area contributed by atoms with Crippen LogP contribution < -0.4 is 5.14 Å². The van der Waals surface area contributed by atoms with Crippen LogP contribution in [0.1, 0.15) is 13.8 Å². The molecule has 6 heteroatoms. The molecule has 1 atom stereocenters. The molecular weight excluding hydrogens is 204 g/mol. The number of hydrogen-bond acceptors (Lipinski definition) is 4. The number of aliphatic hydroxyl groups is 1. The third-order valence-electron chi connectivity index (χ3n) is 1.98. The Morgan fingerprint density at radius 3 is 2.57 bits per heavy atom. The Labute approximate surface area is 83.6 Å². The molecule has 1 unspecified atom stereocenters. The van der Waals surface area contributed by atoms with E-state index in [9.17, 15) is 13.5 Å².